The first kappa shape index (κ1) is 36.7. The first-order valence-corrected chi connectivity index (χ1v) is 16.2. The monoisotopic (exact) mass is 740 g/mol. The van der Waals surface area contributed by atoms with Gasteiger partial charge in [-0.1, -0.05) is 26.0 Å². The number of nitrogen functional groups attached to an aromatic ring is 2. The van der Waals surface area contributed by atoms with E-state index in [9.17, 15) is 19.2 Å². The number of hydrogen-bond donors (Lipinski definition) is 2. The second kappa shape index (κ2) is 13.2. The molecule has 2 heterocycles. The summed E-state index contributed by atoms with van der Waals surface area (Å²) in [5, 5.41) is 0. The van der Waals surface area contributed by atoms with Crippen molar-refractivity contribution in [3.63, 3.8) is 0 Å². The van der Waals surface area contributed by atoms with Gasteiger partial charge in [-0.15, -0.1) is 0 Å². The van der Waals surface area contributed by atoms with Crippen LogP contribution in [-0.4, -0.2) is 49.2 Å². The van der Waals surface area contributed by atoms with Gasteiger partial charge in [-0.05, 0) is 72.5 Å². The fourth-order valence-electron chi connectivity index (χ4n) is 6.40. The molecule has 16 heteroatoms. The summed E-state index contributed by atoms with van der Waals surface area (Å²) in [5.41, 5.74) is 1.96. The highest BCUT2D eigenvalue weighted by Gasteiger charge is 2.73. The topological polar surface area (TPSA) is 145 Å². The van der Waals surface area contributed by atoms with Crippen molar-refractivity contribution in [1.82, 2.24) is 0 Å². The number of carbonyl (C=O) groups excluding carboxylic acids is 4. The zero-order valence-electron chi connectivity index (χ0n) is 28.0. The molecule has 10 nitrogen and oxygen atoms in total. The lowest BCUT2D eigenvalue weighted by atomic mass is 9.71. The van der Waals surface area contributed by atoms with Crippen molar-refractivity contribution in [1.29, 1.82) is 0 Å². The van der Waals surface area contributed by atoms with Gasteiger partial charge >= 0.3 is 12.4 Å². The van der Waals surface area contributed by atoms with Crippen LogP contribution < -0.4 is 30.7 Å². The number of alkyl halides is 6. The van der Waals surface area contributed by atoms with E-state index in [0.717, 1.165) is 0 Å². The second-order valence-electron chi connectivity index (χ2n) is 12.3. The van der Waals surface area contributed by atoms with Crippen molar-refractivity contribution in [3.05, 3.63) is 106 Å². The molecule has 4 amide bonds. The number of benzene rings is 4. The van der Waals surface area contributed by atoms with E-state index in [4.69, 9.17) is 20.9 Å². The SMILES string of the molecule is CCCOc1cc(N2C(=O)c3ccc(C(c4ccc5c(c4)C(=O)N(c4ccc(N)c(OCCC)c4)C5=O)(C(F)(F)F)C(F)(F)F)cc3C2=O)ccc1N. The Labute approximate surface area is 297 Å². The molecule has 6 rings (SSSR count). The van der Waals surface area contributed by atoms with Gasteiger partial charge in [0.15, 0.2) is 0 Å². The molecule has 0 fully saturated rings. The summed E-state index contributed by atoms with van der Waals surface area (Å²) in [6.45, 7) is 4.10. The number of amides is 4. The lowest BCUT2D eigenvalue weighted by Gasteiger charge is -2.38. The van der Waals surface area contributed by atoms with E-state index >= 15 is 26.3 Å². The number of nitrogens with zero attached hydrogens (tertiary/aromatic N) is 2. The molecular weight excluding hydrogens is 710 g/mol. The van der Waals surface area contributed by atoms with E-state index < -0.39 is 74.8 Å². The smallest absolute Gasteiger partial charge is 0.411 e. The average molecular weight is 741 g/mol. The number of anilines is 4. The zero-order chi connectivity index (χ0) is 38.6. The molecule has 0 radical (unpaired) electrons. The van der Waals surface area contributed by atoms with Gasteiger partial charge in [-0.2, -0.15) is 26.3 Å². The average Bonchev–Trinajstić information content (AvgIpc) is 3.50. The predicted octanol–water partition coefficient (Wildman–Crippen LogP) is 7.44. The van der Waals surface area contributed by atoms with Crippen molar-refractivity contribution >= 4 is 46.4 Å². The molecule has 276 valence electrons. The van der Waals surface area contributed by atoms with Crippen LogP contribution in [0.4, 0.5) is 49.1 Å². The molecule has 0 unspecified atom stereocenters. The third-order valence-corrected chi connectivity index (χ3v) is 8.92. The maximum absolute atomic E-state index is 15.2. The Morgan fingerprint density at radius 2 is 0.887 bits per heavy atom. The van der Waals surface area contributed by atoms with Crippen molar-refractivity contribution in [3.8, 4) is 11.5 Å². The Morgan fingerprint density at radius 3 is 1.23 bits per heavy atom. The van der Waals surface area contributed by atoms with Crippen molar-refractivity contribution in [2.45, 2.75) is 44.5 Å². The Kier molecular flexibility index (Phi) is 9.12. The van der Waals surface area contributed by atoms with E-state index in [2.05, 4.69) is 0 Å². The first-order valence-electron chi connectivity index (χ1n) is 16.2. The molecule has 2 aliphatic heterocycles. The molecule has 4 aromatic rings. The summed E-state index contributed by atoms with van der Waals surface area (Å²) in [4.78, 5) is 55.2. The first-order chi connectivity index (χ1) is 25.0. The number of imide groups is 2. The summed E-state index contributed by atoms with van der Waals surface area (Å²) in [5.74, 6) is -4.15. The highest BCUT2D eigenvalue weighted by Crippen LogP contribution is 2.57. The fourth-order valence-corrected chi connectivity index (χ4v) is 6.40. The van der Waals surface area contributed by atoms with E-state index in [0.29, 0.717) is 59.0 Å². The molecule has 4 N–H and O–H groups in total. The molecule has 2 aliphatic rings. The van der Waals surface area contributed by atoms with Gasteiger partial charge < -0.3 is 20.9 Å². The summed E-state index contributed by atoms with van der Waals surface area (Å²) < 4.78 is 103. The fraction of sp³-hybridized carbons (Fsp3) is 0.243. The van der Waals surface area contributed by atoms with Crippen LogP contribution in [0.25, 0.3) is 0 Å². The van der Waals surface area contributed by atoms with Crippen LogP contribution >= 0.6 is 0 Å². The number of halogens is 6. The quantitative estimate of drug-likeness (QED) is 0.0970. The Morgan fingerprint density at radius 1 is 0.528 bits per heavy atom. The van der Waals surface area contributed by atoms with Crippen LogP contribution in [0.3, 0.4) is 0 Å². The van der Waals surface area contributed by atoms with Gasteiger partial charge in [-0.3, -0.25) is 19.2 Å². The molecule has 0 spiro atoms. The minimum atomic E-state index is -6.13. The summed E-state index contributed by atoms with van der Waals surface area (Å²) >= 11 is 0. The molecule has 0 aliphatic carbocycles. The molecule has 53 heavy (non-hydrogen) atoms. The second-order valence-corrected chi connectivity index (χ2v) is 12.3. The van der Waals surface area contributed by atoms with Crippen LogP contribution in [0.5, 0.6) is 11.5 Å². The van der Waals surface area contributed by atoms with E-state index in [1.807, 2.05) is 13.8 Å². The van der Waals surface area contributed by atoms with Crippen LogP contribution in [-0.2, 0) is 5.41 Å². The van der Waals surface area contributed by atoms with E-state index in [1.54, 1.807) is 0 Å². The molecule has 0 aromatic heterocycles. The third kappa shape index (κ3) is 5.77. The van der Waals surface area contributed by atoms with Crippen LogP contribution in [0.1, 0.15) is 79.2 Å². The van der Waals surface area contributed by atoms with E-state index in [-0.39, 0.29) is 47.5 Å². The molecular formula is C37H30F6N4O6. The van der Waals surface area contributed by atoms with Gasteiger partial charge in [0.25, 0.3) is 23.6 Å². The van der Waals surface area contributed by atoms with Crippen molar-refractivity contribution in [2.75, 3.05) is 34.5 Å². The zero-order valence-corrected chi connectivity index (χ0v) is 28.0. The number of nitrogens with two attached hydrogens (primary N) is 2. The van der Waals surface area contributed by atoms with Crippen molar-refractivity contribution in [2.24, 2.45) is 0 Å². The maximum atomic E-state index is 15.2. The number of carbonyl (C=O) groups is 4. The number of hydrogen-bond acceptors (Lipinski definition) is 8. The molecule has 0 atom stereocenters. The number of ether oxygens (including phenoxy) is 2. The summed E-state index contributed by atoms with van der Waals surface area (Å²) in [6.07, 6.45) is -11.1. The third-order valence-electron chi connectivity index (χ3n) is 8.92. The molecule has 0 bridgehead atoms. The van der Waals surface area contributed by atoms with Crippen LogP contribution in [0.15, 0.2) is 72.8 Å². The van der Waals surface area contributed by atoms with Crippen LogP contribution in [0.2, 0.25) is 0 Å². The van der Waals surface area contributed by atoms with Gasteiger partial charge in [0.05, 0.1) is 58.2 Å². The summed E-state index contributed by atoms with van der Waals surface area (Å²) in [6, 6.07) is 10.9. The normalized spacial score (nSPS) is 14.6. The number of rotatable bonds is 10. The minimum absolute atomic E-state index is 0.0764. The Hall–Kier alpha value is -6.06. The lowest BCUT2D eigenvalue weighted by Crippen LogP contribution is -2.55. The predicted molar refractivity (Wildman–Crippen MR) is 181 cm³/mol. The van der Waals surface area contributed by atoms with E-state index in [1.165, 1.54) is 36.4 Å². The largest absolute Gasteiger partial charge is 0.491 e. The number of fused-ring (bicyclic) bond motifs is 2. The highest BCUT2D eigenvalue weighted by atomic mass is 19.4. The molecule has 4 aromatic carbocycles. The molecule has 0 saturated heterocycles. The van der Waals surface area contributed by atoms with Gasteiger partial charge in [-0.25, -0.2) is 9.80 Å². The van der Waals surface area contributed by atoms with Gasteiger partial charge in [0, 0.05) is 12.1 Å². The maximum Gasteiger partial charge on any atom is 0.411 e. The lowest BCUT2D eigenvalue weighted by molar-refractivity contribution is -0.288. The van der Waals surface area contributed by atoms with Gasteiger partial charge in [0.2, 0.25) is 5.41 Å². The molecule has 0 saturated carbocycles. The van der Waals surface area contributed by atoms with Crippen molar-refractivity contribution < 1.29 is 55.0 Å². The van der Waals surface area contributed by atoms with Crippen LogP contribution in [0, 0.1) is 0 Å². The summed E-state index contributed by atoms with van der Waals surface area (Å²) in [7, 11) is 0. The van der Waals surface area contributed by atoms with Gasteiger partial charge in [0.1, 0.15) is 11.5 Å². The Balaban J connectivity index is 1.45. The standard InChI is InChI=1S/C37H30F6N4O6/c1-3-13-52-29-17-21(7-11-27(29)44)46-31(48)23-9-5-19(15-25(23)33(46)50)35(36(38,39)40,37(41,42)43)20-6-10-24-26(16-20)34(51)47(32(24)49)22-8-12-28(45)30(18-22)53-14-4-2/h5-12,15-18H,3-4,13-14,44-45H2,1-2H3. The highest BCUT2D eigenvalue weighted by molar-refractivity contribution is 6.35. The Bertz CT molecular complexity index is 2030. The minimum Gasteiger partial charge on any atom is -0.491 e.